The molecule has 1 unspecified atom stereocenters. The number of nitrogens with two attached hydrogens (primary N) is 1. The Morgan fingerprint density at radius 3 is 2.29 bits per heavy atom. The van der Waals surface area contributed by atoms with Crippen molar-refractivity contribution in [2.24, 2.45) is 11.7 Å². The molecule has 0 aliphatic carbocycles. The van der Waals surface area contributed by atoms with Gasteiger partial charge in [-0.2, -0.15) is 8.78 Å². The summed E-state index contributed by atoms with van der Waals surface area (Å²) in [4.78, 5) is 34.6. The number of carbonyl (C=O) groups is 3. The van der Waals surface area contributed by atoms with Gasteiger partial charge in [-0.3, -0.25) is 14.4 Å². The van der Waals surface area contributed by atoms with Gasteiger partial charge >= 0.3 is 11.9 Å². The van der Waals surface area contributed by atoms with E-state index in [1.54, 1.807) is 6.07 Å². The lowest BCUT2D eigenvalue weighted by Gasteiger charge is -2.19. The third kappa shape index (κ3) is 4.34. The van der Waals surface area contributed by atoms with Crippen molar-refractivity contribution >= 4 is 17.7 Å². The molecule has 1 amide bonds. The Kier molecular flexibility index (Phi) is 5.52. The Morgan fingerprint density at radius 1 is 1.24 bits per heavy atom. The minimum atomic E-state index is -3.97. The highest BCUT2D eigenvalue weighted by atomic mass is 19.3. The SMILES string of the molecule is CCOC(=O)C(CC(F)(F)C(N)=O)C(=O)c1ccccc1. The summed E-state index contributed by atoms with van der Waals surface area (Å²) in [5, 5.41) is 0. The highest BCUT2D eigenvalue weighted by Crippen LogP contribution is 2.26. The average molecular weight is 299 g/mol. The fraction of sp³-hybridized carbons (Fsp3) is 0.357. The van der Waals surface area contributed by atoms with Crippen LogP contribution in [0.4, 0.5) is 8.78 Å². The van der Waals surface area contributed by atoms with Crippen LogP contribution in [0.1, 0.15) is 23.7 Å². The molecule has 0 bridgehead atoms. The predicted octanol–water partition coefficient (Wildman–Crippen LogP) is 1.56. The molecule has 0 radical (unpaired) electrons. The van der Waals surface area contributed by atoms with E-state index in [0.717, 1.165) is 0 Å². The van der Waals surface area contributed by atoms with E-state index in [9.17, 15) is 23.2 Å². The van der Waals surface area contributed by atoms with Gasteiger partial charge in [0.15, 0.2) is 5.78 Å². The number of ketones is 1. The van der Waals surface area contributed by atoms with Gasteiger partial charge in [-0.15, -0.1) is 0 Å². The number of carbonyl (C=O) groups excluding carboxylic acids is 3. The van der Waals surface area contributed by atoms with Gasteiger partial charge in [0, 0.05) is 12.0 Å². The number of esters is 1. The monoisotopic (exact) mass is 299 g/mol. The molecular formula is C14H15F2NO4. The van der Waals surface area contributed by atoms with Crippen molar-refractivity contribution in [1.82, 2.24) is 0 Å². The summed E-state index contributed by atoms with van der Waals surface area (Å²) < 4.78 is 31.5. The molecule has 1 atom stereocenters. The zero-order valence-corrected chi connectivity index (χ0v) is 11.3. The zero-order valence-electron chi connectivity index (χ0n) is 11.3. The molecular weight excluding hydrogens is 284 g/mol. The number of hydrogen-bond acceptors (Lipinski definition) is 4. The molecule has 0 aliphatic heterocycles. The first-order chi connectivity index (χ1) is 9.79. The topological polar surface area (TPSA) is 86.5 Å². The molecule has 0 heterocycles. The minimum Gasteiger partial charge on any atom is -0.465 e. The molecule has 0 saturated carbocycles. The maximum atomic E-state index is 13.4. The fourth-order valence-electron chi connectivity index (χ4n) is 1.69. The van der Waals surface area contributed by atoms with Crippen LogP contribution in [0.25, 0.3) is 0 Å². The summed E-state index contributed by atoms with van der Waals surface area (Å²) in [5.74, 6) is -9.59. The maximum Gasteiger partial charge on any atom is 0.325 e. The van der Waals surface area contributed by atoms with E-state index in [1.165, 1.54) is 31.2 Å². The van der Waals surface area contributed by atoms with Crippen LogP contribution < -0.4 is 5.73 Å². The highest BCUT2D eigenvalue weighted by Gasteiger charge is 2.44. The van der Waals surface area contributed by atoms with Crippen LogP contribution in [0.5, 0.6) is 0 Å². The number of alkyl halides is 2. The average Bonchev–Trinajstić information content (AvgIpc) is 2.45. The van der Waals surface area contributed by atoms with Gasteiger partial charge in [-0.1, -0.05) is 30.3 Å². The van der Waals surface area contributed by atoms with Crippen molar-refractivity contribution in [3.8, 4) is 0 Å². The summed E-state index contributed by atoms with van der Waals surface area (Å²) in [6.07, 6.45) is -1.31. The van der Waals surface area contributed by atoms with E-state index in [1.807, 2.05) is 0 Å². The van der Waals surface area contributed by atoms with Crippen LogP contribution in [0.2, 0.25) is 0 Å². The van der Waals surface area contributed by atoms with E-state index >= 15 is 0 Å². The van der Waals surface area contributed by atoms with Gasteiger partial charge in [0.2, 0.25) is 0 Å². The second kappa shape index (κ2) is 6.92. The van der Waals surface area contributed by atoms with Gasteiger partial charge in [0.25, 0.3) is 5.91 Å². The molecule has 0 fully saturated rings. The van der Waals surface area contributed by atoms with E-state index in [2.05, 4.69) is 10.5 Å². The minimum absolute atomic E-state index is 0.0699. The largest absolute Gasteiger partial charge is 0.465 e. The van der Waals surface area contributed by atoms with Crippen molar-refractivity contribution in [2.45, 2.75) is 19.3 Å². The molecule has 1 aromatic rings. The Balaban J connectivity index is 3.06. The van der Waals surface area contributed by atoms with Gasteiger partial charge < -0.3 is 10.5 Å². The standard InChI is InChI=1S/C14H15F2NO4/c1-2-21-12(19)10(8-14(15,16)13(17)20)11(18)9-6-4-3-5-7-9/h3-7,10H,2,8H2,1H3,(H2,17,20). The Labute approximate surface area is 120 Å². The van der Waals surface area contributed by atoms with Gasteiger partial charge in [0.05, 0.1) is 6.61 Å². The summed E-state index contributed by atoms with van der Waals surface area (Å²) in [5.41, 5.74) is 4.66. The number of amides is 1. The molecule has 1 rings (SSSR count). The van der Waals surface area contributed by atoms with Crippen LogP contribution >= 0.6 is 0 Å². The predicted molar refractivity (Wildman–Crippen MR) is 69.7 cm³/mol. The number of Topliss-reactive ketones (excluding diaryl/α,β-unsaturated/α-hetero) is 1. The summed E-state index contributed by atoms with van der Waals surface area (Å²) in [6.45, 7) is 1.41. The number of primary amides is 1. The van der Waals surface area contributed by atoms with Crippen molar-refractivity contribution < 1.29 is 27.9 Å². The Morgan fingerprint density at radius 2 is 1.81 bits per heavy atom. The van der Waals surface area contributed by atoms with Crippen LogP contribution in [0, 0.1) is 5.92 Å². The van der Waals surface area contributed by atoms with Gasteiger partial charge in [-0.25, -0.2) is 0 Å². The number of ether oxygens (including phenoxy) is 1. The van der Waals surface area contributed by atoms with Crippen LogP contribution in [0.3, 0.4) is 0 Å². The van der Waals surface area contributed by atoms with E-state index < -0.39 is 35.9 Å². The Hall–Kier alpha value is -2.31. The molecule has 114 valence electrons. The lowest BCUT2D eigenvalue weighted by Crippen LogP contribution is -2.41. The smallest absolute Gasteiger partial charge is 0.325 e. The second-order valence-corrected chi connectivity index (χ2v) is 4.31. The first kappa shape index (κ1) is 16.7. The van der Waals surface area contributed by atoms with Crippen molar-refractivity contribution in [1.29, 1.82) is 0 Å². The third-order valence-electron chi connectivity index (χ3n) is 2.77. The quantitative estimate of drug-likeness (QED) is 0.470. The molecule has 0 aromatic heterocycles. The number of benzene rings is 1. The van der Waals surface area contributed by atoms with Crippen molar-refractivity contribution in [3.05, 3.63) is 35.9 Å². The van der Waals surface area contributed by atoms with Crippen molar-refractivity contribution in [3.63, 3.8) is 0 Å². The van der Waals surface area contributed by atoms with Gasteiger partial charge in [-0.05, 0) is 6.92 Å². The second-order valence-electron chi connectivity index (χ2n) is 4.31. The molecule has 0 aliphatic rings. The summed E-state index contributed by atoms with van der Waals surface area (Å²) in [7, 11) is 0. The molecule has 1 aromatic carbocycles. The fourth-order valence-corrected chi connectivity index (χ4v) is 1.69. The summed E-state index contributed by atoms with van der Waals surface area (Å²) >= 11 is 0. The lowest BCUT2D eigenvalue weighted by molar-refractivity contribution is -0.153. The third-order valence-corrected chi connectivity index (χ3v) is 2.77. The molecule has 0 saturated heterocycles. The number of hydrogen-bond donors (Lipinski definition) is 1. The lowest BCUT2D eigenvalue weighted by atomic mass is 9.91. The molecule has 21 heavy (non-hydrogen) atoms. The van der Waals surface area contributed by atoms with E-state index in [-0.39, 0.29) is 12.2 Å². The van der Waals surface area contributed by atoms with Gasteiger partial charge in [0.1, 0.15) is 5.92 Å². The van der Waals surface area contributed by atoms with Crippen LogP contribution in [-0.2, 0) is 14.3 Å². The van der Waals surface area contributed by atoms with E-state index in [0.29, 0.717) is 0 Å². The molecule has 7 heteroatoms. The first-order valence-electron chi connectivity index (χ1n) is 6.23. The summed E-state index contributed by atoms with van der Waals surface area (Å²) in [6, 6.07) is 7.46. The maximum absolute atomic E-state index is 13.4. The number of rotatable bonds is 7. The Bertz CT molecular complexity index is 531. The van der Waals surface area contributed by atoms with Crippen LogP contribution in [-0.4, -0.2) is 30.2 Å². The zero-order chi connectivity index (χ0) is 16.0. The van der Waals surface area contributed by atoms with E-state index in [4.69, 9.17) is 0 Å². The normalized spacial score (nSPS) is 12.5. The molecule has 0 spiro atoms. The molecule has 5 nitrogen and oxygen atoms in total. The first-order valence-corrected chi connectivity index (χ1v) is 6.23. The van der Waals surface area contributed by atoms with Crippen molar-refractivity contribution in [2.75, 3.05) is 6.61 Å². The van der Waals surface area contributed by atoms with Crippen LogP contribution in [0.15, 0.2) is 30.3 Å². The molecule has 2 N–H and O–H groups in total. The highest BCUT2D eigenvalue weighted by molar-refractivity contribution is 6.09. The number of halogens is 2.